The number of hydrogen-bond donors (Lipinski definition) is 0. The van der Waals surface area contributed by atoms with Gasteiger partial charge >= 0.3 is 0 Å². The van der Waals surface area contributed by atoms with Crippen LogP contribution in [-0.4, -0.2) is 25.8 Å². The van der Waals surface area contributed by atoms with E-state index in [1.807, 2.05) is 6.92 Å². The summed E-state index contributed by atoms with van der Waals surface area (Å²) in [5, 5.41) is 0. The lowest BCUT2D eigenvalue weighted by atomic mass is 9.80. The molecule has 1 spiro atoms. The van der Waals surface area contributed by atoms with Crippen LogP contribution < -0.4 is 0 Å². The van der Waals surface area contributed by atoms with Crippen molar-refractivity contribution in [3.8, 4) is 0 Å². The van der Waals surface area contributed by atoms with Crippen molar-refractivity contribution in [3.05, 3.63) is 0 Å². The van der Waals surface area contributed by atoms with Gasteiger partial charge in [0.05, 0.1) is 0 Å². The predicted molar refractivity (Wildman–Crippen MR) is 52.8 cm³/mol. The Morgan fingerprint density at radius 3 is 2.79 bits per heavy atom. The molecule has 3 nitrogen and oxygen atoms in total. The Morgan fingerprint density at radius 1 is 1.36 bits per heavy atom. The summed E-state index contributed by atoms with van der Waals surface area (Å²) in [6.45, 7) is 2.78. The Morgan fingerprint density at radius 2 is 2.14 bits per heavy atom. The van der Waals surface area contributed by atoms with Crippen LogP contribution in [0, 0.1) is 5.92 Å². The highest BCUT2D eigenvalue weighted by Gasteiger charge is 2.51. The first-order valence-corrected chi connectivity index (χ1v) is 5.61. The molecular weight excluding hydrogens is 180 g/mol. The van der Waals surface area contributed by atoms with E-state index in [2.05, 4.69) is 0 Å². The molecule has 1 saturated heterocycles. The minimum atomic E-state index is -0.240. The van der Waals surface area contributed by atoms with Gasteiger partial charge in [0.1, 0.15) is 0 Å². The monoisotopic (exact) mass is 200 g/mol. The van der Waals surface area contributed by atoms with Crippen molar-refractivity contribution in [2.75, 3.05) is 13.7 Å². The third-order valence-electron chi connectivity index (χ3n) is 3.35. The molecule has 3 heteroatoms. The van der Waals surface area contributed by atoms with E-state index in [-0.39, 0.29) is 12.1 Å². The molecule has 1 saturated carbocycles. The summed E-state index contributed by atoms with van der Waals surface area (Å²) < 4.78 is 16.7. The average Bonchev–Trinajstić information content (AvgIpc) is 2.14. The van der Waals surface area contributed by atoms with Crippen LogP contribution in [0.2, 0.25) is 0 Å². The van der Waals surface area contributed by atoms with Crippen LogP contribution >= 0.6 is 0 Å². The van der Waals surface area contributed by atoms with Gasteiger partial charge in [-0.2, -0.15) is 0 Å². The van der Waals surface area contributed by atoms with Gasteiger partial charge in [0, 0.05) is 26.1 Å². The maximum absolute atomic E-state index is 5.80. The van der Waals surface area contributed by atoms with Crippen LogP contribution in [0.25, 0.3) is 0 Å². The molecule has 1 heterocycles. The molecular formula is C11H20O3. The van der Waals surface area contributed by atoms with E-state index >= 15 is 0 Å². The standard InChI is InChI=1S/C11H20O3/c1-9-13-11(14-9)7-4-3-5-10(11)6-8-12-2/h9-10H,3-8H2,1-2H3. The van der Waals surface area contributed by atoms with Crippen LogP contribution in [0.4, 0.5) is 0 Å². The van der Waals surface area contributed by atoms with Crippen molar-refractivity contribution in [1.82, 2.24) is 0 Å². The van der Waals surface area contributed by atoms with Crippen molar-refractivity contribution < 1.29 is 14.2 Å². The molecule has 1 aliphatic carbocycles. The molecule has 82 valence electrons. The second-order valence-electron chi connectivity index (χ2n) is 4.34. The highest BCUT2D eigenvalue weighted by atomic mass is 16.9. The SMILES string of the molecule is COCCC1CCCCC12OC(C)O2. The molecule has 2 aliphatic rings. The lowest BCUT2D eigenvalue weighted by Crippen LogP contribution is -2.58. The predicted octanol–water partition coefficient (Wildman–Crippen LogP) is 2.30. The largest absolute Gasteiger partial charge is 0.385 e. The molecule has 2 fully saturated rings. The van der Waals surface area contributed by atoms with E-state index < -0.39 is 0 Å². The van der Waals surface area contributed by atoms with Gasteiger partial charge in [-0.15, -0.1) is 0 Å². The molecule has 0 amide bonds. The zero-order chi connectivity index (χ0) is 10.0. The zero-order valence-electron chi connectivity index (χ0n) is 9.12. The second kappa shape index (κ2) is 4.17. The van der Waals surface area contributed by atoms with Gasteiger partial charge in [0.25, 0.3) is 0 Å². The van der Waals surface area contributed by atoms with Gasteiger partial charge in [-0.05, 0) is 26.2 Å². The lowest BCUT2D eigenvalue weighted by Gasteiger charge is -2.53. The number of hydrogen-bond acceptors (Lipinski definition) is 3. The van der Waals surface area contributed by atoms with Gasteiger partial charge in [-0.1, -0.05) is 6.42 Å². The first kappa shape index (κ1) is 10.4. The quantitative estimate of drug-likeness (QED) is 0.699. The van der Waals surface area contributed by atoms with Crippen molar-refractivity contribution in [3.63, 3.8) is 0 Å². The van der Waals surface area contributed by atoms with Gasteiger partial charge < -0.3 is 14.2 Å². The topological polar surface area (TPSA) is 27.7 Å². The molecule has 14 heavy (non-hydrogen) atoms. The molecule has 0 bridgehead atoms. The van der Waals surface area contributed by atoms with E-state index in [0.717, 1.165) is 19.4 Å². The van der Waals surface area contributed by atoms with Crippen molar-refractivity contribution in [1.29, 1.82) is 0 Å². The summed E-state index contributed by atoms with van der Waals surface area (Å²) in [7, 11) is 1.75. The van der Waals surface area contributed by atoms with Gasteiger partial charge in [0.2, 0.25) is 0 Å². The number of ether oxygens (including phenoxy) is 3. The highest BCUT2D eigenvalue weighted by molar-refractivity contribution is 4.88. The van der Waals surface area contributed by atoms with Crippen molar-refractivity contribution in [2.24, 2.45) is 5.92 Å². The van der Waals surface area contributed by atoms with E-state index in [0.29, 0.717) is 5.92 Å². The second-order valence-corrected chi connectivity index (χ2v) is 4.34. The van der Waals surface area contributed by atoms with Gasteiger partial charge in [-0.3, -0.25) is 0 Å². The minimum Gasteiger partial charge on any atom is -0.385 e. The van der Waals surface area contributed by atoms with E-state index in [9.17, 15) is 0 Å². The van der Waals surface area contributed by atoms with Crippen LogP contribution in [0.1, 0.15) is 39.0 Å². The van der Waals surface area contributed by atoms with Crippen molar-refractivity contribution >= 4 is 0 Å². The van der Waals surface area contributed by atoms with Crippen LogP contribution in [0.3, 0.4) is 0 Å². The maximum Gasteiger partial charge on any atom is 0.177 e. The molecule has 0 aromatic carbocycles. The van der Waals surface area contributed by atoms with Gasteiger partial charge in [0.15, 0.2) is 12.1 Å². The highest BCUT2D eigenvalue weighted by Crippen LogP contribution is 2.46. The molecule has 2 rings (SSSR count). The third-order valence-corrected chi connectivity index (χ3v) is 3.35. The summed E-state index contributed by atoms with van der Waals surface area (Å²) >= 11 is 0. The Bertz CT molecular complexity index is 181. The minimum absolute atomic E-state index is 0.00172. The first-order chi connectivity index (χ1) is 6.77. The maximum atomic E-state index is 5.80. The summed E-state index contributed by atoms with van der Waals surface area (Å²) in [6, 6.07) is 0. The normalized spacial score (nSPS) is 42.4. The Kier molecular flexibility index (Phi) is 3.10. The van der Waals surface area contributed by atoms with Crippen LogP contribution in [-0.2, 0) is 14.2 Å². The lowest BCUT2D eigenvalue weighted by molar-refractivity contribution is -0.470. The molecule has 0 aromatic rings. The fourth-order valence-electron chi connectivity index (χ4n) is 2.69. The summed E-state index contributed by atoms with van der Waals surface area (Å²) in [4.78, 5) is 0. The average molecular weight is 200 g/mol. The molecule has 0 N–H and O–H groups in total. The van der Waals surface area contributed by atoms with Crippen LogP contribution in [0.15, 0.2) is 0 Å². The molecule has 0 aromatic heterocycles. The smallest absolute Gasteiger partial charge is 0.177 e. The summed E-state index contributed by atoms with van der Waals surface area (Å²) in [5.41, 5.74) is 0. The number of methoxy groups -OCH3 is 1. The van der Waals surface area contributed by atoms with E-state index in [4.69, 9.17) is 14.2 Å². The Balaban J connectivity index is 1.91. The fraction of sp³-hybridized carbons (Fsp3) is 1.00. The Labute approximate surface area is 85.7 Å². The molecule has 1 aliphatic heterocycles. The summed E-state index contributed by atoms with van der Waals surface area (Å²) in [5.74, 6) is 0.295. The van der Waals surface area contributed by atoms with Crippen molar-refractivity contribution in [2.45, 2.75) is 51.1 Å². The van der Waals surface area contributed by atoms with Crippen LogP contribution in [0.5, 0.6) is 0 Å². The van der Waals surface area contributed by atoms with Gasteiger partial charge in [-0.25, -0.2) is 0 Å². The molecule has 0 radical (unpaired) electrons. The molecule has 1 atom stereocenters. The Hall–Kier alpha value is -0.120. The summed E-state index contributed by atoms with van der Waals surface area (Å²) in [6.07, 6.45) is 5.87. The molecule has 1 unspecified atom stereocenters. The fourth-order valence-corrected chi connectivity index (χ4v) is 2.69. The zero-order valence-corrected chi connectivity index (χ0v) is 9.12. The number of rotatable bonds is 3. The van der Waals surface area contributed by atoms with E-state index in [1.54, 1.807) is 7.11 Å². The first-order valence-electron chi connectivity index (χ1n) is 5.61. The van der Waals surface area contributed by atoms with E-state index in [1.165, 1.54) is 19.3 Å². The third kappa shape index (κ3) is 1.81.